The van der Waals surface area contributed by atoms with Gasteiger partial charge in [0.05, 0.1) is 6.61 Å². The average Bonchev–Trinajstić information content (AvgIpc) is 3.07. The van der Waals surface area contributed by atoms with Crippen LogP contribution >= 0.6 is 11.3 Å². The molecule has 22 heavy (non-hydrogen) atoms. The topological polar surface area (TPSA) is 120 Å². The van der Waals surface area contributed by atoms with Gasteiger partial charge in [-0.15, -0.1) is 16.4 Å². The van der Waals surface area contributed by atoms with E-state index in [1.165, 1.54) is 16.0 Å². The smallest absolute Gasteiger partial charge is 0.350 e. The molecule has 0 bridgehead atoms. The zero-order valence-corrected chi connectivity index (χ0v) is 12.3. The Morgan fingerprint density at radius 1 is 1.59 bits per heavy atom. The van der Waals surface area contributed by atoms with Crippen molar-refractivity contribution >= 4 is 33.3 Å². The van der Waals surface area contributed by atoms with Gasteiger partial charge in [-0.25, -0.2) is 9.78 Å². The highest BCUT2D eigenvalue weighted by Gasteiger charge is 2.24. The van der Waals surface area contributed by atoms with Gasteiger partial charge < -0.3 is 10.5 Å². The second-order valence-corrected chi connectivity index (χ2v) is 5.20. The van der Waals surface area contributed by atoms with Crippen LogP contribution in [0.25, 0.3) is 15.9 Å². The van der Waals surface area contributed by atoms with Crippen LogP contribution in [0.2, 0.25) is 0 Å². The lowest BCUT2D eigenvalue weighted by Gasteiger charge is -2.05. The summed E-state index contributed by atoms with van der Waals surface area (Å²) < 4.78 is 6.34. The molecule has 0 aliphatic carbocycles. The van der Waals surface area contributed by atoms with Crippen molar-refractivity contribution in [3.63, 3.8) is 0 Å². The highest BCUT2D eigenvalue weighted by Crippen LogP contribution is 2.34. The number of nitrogens with two attached hydrogens (primary N) is 1. The Hall–Kier alpha value is -2.99. The number of hydrogen-bond acceptors (Lipinski definition) is 8. The molecule has 110 valence electrons. The Bertz CT molecular complexity index is 907. The van der Waals surface area contributed by atoms with Gasteiger partial charge in [-0.3, -0.25) is 0 Å². The highest BCUT2D eigenvalue weighted by molar-refractivity contribution is 7.20. The molecule has 3 heterocycles. The van der Waals surface area contributed by atoms with Crippen molar-refractivity contribution in [2.24, 2.45) is 0 Å². The van der Waals surface area contributed by atoms with Crippen molar-refractivity contribution in [1.82, 2.24) is 20.0 Å². The van der Waals surface area contributed by atoms with Gasteiger partial charge in [0.25, 0.3) is 0 Å². The molecule has 0 fully saturated rings. The van der Waals surface area contributed by atoms with E-state index in [2.05, 4.69) is 15.3 Å². The van der Waals surface area contributed by atoms with E-state index in [1.807, 2.05) is 6.07 Å². The van der Waals surface area contributed by atoms with Crippen LogP contribution < -0.4 is 5.73 Å². The molecule has 0 saturated carbocycles. The van der Waals surface area contributed by atoms with Crippen molar-refractivity contribution in [2.75, 3.05) is 12.3 Å². The maximum atomic E-state index is 12.2. The normalized spacial score (nSPS) is 10.5. The fourth-order valence-electron chi connectivity index (χ4n) is 2.00. The minimum Gasteiger partial charge on any atom is -0.462 e. The molecule has 0 amide bonds. The highest BCUT2D eigenvalue weighted by atomic mass is 32.1. The number of carbonyl (C=O) groups is 1. The molecule has 9 heteroatoms. The van der Waals surface area contributed by atoms with Crippen molar-refractivity contribution < 1.29 is 9.53 Å². The number of fused-ring (bicyclic) bond motifs is 1. The second kappa shape index (κ2) is 5.42. The third-order valence-electron chi connectivity index (χ3n) is 2.92. The summed E-state index contributed by atoms with van der Waals surface area (Å²) >= 11 is 1.18. The van der Waals surface area contributed by atoms with E-state index >= 15 is 0 Å². The molecule has 3 rings (SSSR count). The van der Waals surface area contributed by atoms with E-state index in [4.69, 9.17) is 15.7 Å². The Balaban J connectivity index is 2.30. The molecular weight excluding hydrogens is 304 g/mol. The van der Waals surface area contributed by atoms with E-state index in [9.17, 15) is 4.79 Å². The van der Waals surface area contributed by atoms with Crippen LogP contribution in [-0.4, -0.2) is 32.6 Å². The van der Waals surface area contributed by atoms with Crippen LogP contribution in [0.1, 0.15) is 22.3 Å². The third-order valence-corrected chi connectivity index (χ3v) is 4.01. The summed E-state index contributed by atoms with van der Waals surface area (Å²) in [7, 11) is 0. The number of pyridine rings is 1. The van der Waals surface area contributed by atoms with Crippen LogP contribution in [0.4, 0.5) is 5.82 Å². The molecule has 3 aromatic rings. The first-order chi connectivity index (χ1) is 10.7. The molecule has 3 aromatic heterocycles. The quantitative estimate of drug-likeness (QED) is 0.727. The molecule has 8 nitrogen and oxygen atoms in total. The molecule has 0 radical (unpaired) electrons. The zero-order chi connectivity index (χ0) is 15.7. The number of ether oxygens (including phenoxy) is 1. The number of nitrogens with zero attached hydrogens (tertiary/aromatic N) is 5. The summed E-state index contributed by atoms with van der Waals surface area (Å²) in [5.74, 6) is -0.425. The van der Waals surface area contributed by atoms with Gasteiger partial charge in [-0.1, -0.05) is 5.21 Å². The summed E-state index contributed by atoms with van der Waals surface area (Å²) in [6.45, 7) is 1.97. The number of thiophene rings is 1. The SMILES string of the molecule is CCOC(=O)c1sc2ncccc2c1-n1nnc(C#N)c1N. The molecule has 0 saturated heterocycles. The lowest BCUT2D eigenvalue weighted by molar-refractivity contribution is 0.0532. The minimum atomic E-state index is -0.492. The second-order valence-electron chi connectivity index (χ2n) is 4.20. The van der Waals surface area contributed by atoms with Gasteiger partial charge in [-0.2, -0.15) is 9.94 Å². The van der Waals surface area contributed by atoms with Gasteiger partial charge in [0.1, 0.15) is 21.5 Å². The van der Waals surface area contributed by atoms with Crippen LogP contribution in [0.5, 0.6) is 0 Å². The van der Waals surface area contributed by atoms with Gasteiger partial charge in [-0.05, 0) is 19.1 Å². The first-order valence-electron chi connectivity index (χ1n) is 6.33. The molecule has 0 aromatic carbocycles. The number of carbonyl (C=O) groups excluding carboxylic acids is 1. The summed E-state index contributed by atoms with van der Waals surface area (Å²) in [5, 5.41) is 17.2. The van der Waals surface area contributed by atoms with Crippen molar-refractivity contribution in [1.29, 1.82) is 5.26 Å². The van der Waals surface area contributed by atoms with Crippen LogP contribution in [0, 0.1) is 11.3 Å². The molecule has 0 aliphatic heterocycles. The standard InChI is InChI=1S/C13H10N6O2S/c1-2-21-13(20)10-9(7-4-3-5-16-12(7)22-10)19-11(15)8(6-14)17-18-19/h3-5H,2,15H2,1H3. The summed E-state index contributed by atoms with van der Waals surface area (Å²) in [5.41, 5.74) is 6.31. The van der Waals surface area contributed by atoms with Crippen molar-refractivity contribution in [2.45, 2.75) is 6.92 Å². The van der Waals surface area contributed by atoms with Crippen LogP contribution in [0.3, 0.4) is 0 Å². The number of nitriles is 1. The Morgan fingerprint density at radius 3 is 3.09 bits per heavy atom. The fraction of sp³-hybridized carbons (Fsp3) is 0.154. The third kappa shape index (κ3) is 2.06. The molecule has 0 unspecified atom stereocenters. The number of aromatic nitrogens is 4. The largest absolute Gasteiger partial charge is 0.462 e. The Labute approximate surface area is 128 Å². The van der Waals surface area contributed by atoms with Crippen LogP contribution in [0.15, 0.2) is 18.3 Å². The van der Waals surface area contributed by atoms with Gasteiger partial charge in [0, 0.05) is 11.6 Å². The summed E-state index contributed by atoms with van der Waals surface area (Å²) in [6, 6.07) is 5.39. The predicted octanol–water partition coefficient (Wildman–Crippen LogP) is 1.51. The van der Waals surface area contributed by atoms with Gasteiger partial charge >= 0.3 is 5.97 Å². The van der Waals surface area contributed by atoms with Gasteiger partial charge in [0.2, 0.25) is 5.69 Å². The maximum Gasteiger partial charge on any atom is 0.350 e. The van der Waals surface area contributed by atoms with Crippen LogP contribution in [-0.2, 0) is 4.74 Å². The molecule has 0 aliphatic rings. The Morgan fingerprint density at radius 2 is 2.41 bits per heavy atom. The van der Waals surface area contributed by atoms with Crippen molar-refractivity contribution in [3.05, 3.63) is 28.9 Å². The minimum absolute atomic E-state index is 0.00181. The zero-order valence-electron chi connectivity index (χ0n) is 11.5. The van der Waals surface area contributed by atoms with E-state index in [-0.39, 0.29) is 18.1 Å². The number of hydrogen-bond donors (Lipinski definition) is 1. The number of nitrogen functional groups attached to an aromatic ring is 1. The number of rotatable bonds is 3. The van der Waals surface area contributed by atoms with E-state index in [0.717, 1.165) is 0 Å². The first-order valence-corrected chi connectivity index (χ1v) is 7.15. The van der Waals surface area contributed by atoms with E-state index in [1.54, 1.807) is 25.3 Å². The molecular formula is C13H10N6O2S. The maximum absolute atomic E-state index is 12.2. The van der Waals surface area contributed by atoms with E-state index in [0.29, 0.717) is 20.8 Å². The lowest BCUT2D eigenvalue weighted by Crippen LogP contribution is -2.09. The predicted molar refractivity (Wildman–Crippen MR) is 79.6 cm³/mol. The molecule has 0 spiro atoms. The number of esters is 1. The molecule has 0 atom stereocenters. The summed E-state index contributed by atoms with van der Waals surface area (Å²) in [4.78, 5) is 17.4. The Kier molecular flexibility index (Phi) is 3.44. The first kappa shape index (κ1) is 14.0. The monoisotopic (exact) mass is 314 g/mol. The van der Waals surface area contributed by atoms with Crippen molar-refractivity contribution in [3.8, 4) is 11.8 Å². The molecule has 2 N–H and O–H groups in total. The van der Waals surface area contributed by atoms with Gasteiger partial charge in [0.15, 0.2) is 5.82 Å². The van der Waals surface area contributed by atoms with E-state index < -0.39 is 5.97 Å². The average molecular weight is 314 g/mol. The summed E-state index contributed by atoms with van der Waals surface area (Å²) in [6.07, 6.45) is 1.63. The fourth-order valence-corrected chi connectivity index (χ4v) is 3.02. The number of anilines is 1. The lowest BCUT2D eigenvalue weighted by atomic mass is 10.2.